The molecule has 0 radical (unpaired) electrons. The van der Waals surface area contributed by atoms with E-state index in [4.69, 9.17) is 10.00 Å². The lowest BCUT2D eigenvalue weighted by Gasteiger charge is -2.34. The molecule has 0 aromatic rings. The van der Waals surface area contributed by atoms with Gasteiger partial charge in [-0.05, 0) is 18.8 Å². The molecule has 0 unspecified atom stereocenters. The summed E-state index contributed by atoms with van der Waals surface area (Å²) in [7, 11) is 0. The van der Waals surface area contributed by atoms with Crippen molar-refractivity contribution in [3.05, 3.63) is 0 Å². The van der Waals surface area contributed by atoms with Crippen LogP contribution in [0.1, 0.15) is 32.6 Å². The van der Waals surface area contributed by atoms with E-state index >= 15 is 0 Å². The van der Waals surface area contributed by atoms with Crippen LogP contribution in [-0.2, 0) is 9.53 Å². The second kappa shape index (κ2) is 2.73. The topological polar surface area (TPSA) is 50.1 Å². The summed E-state index contributed by atoms with van der Waals surface area (Å²) in [4.78, 5) is 11.4. The third-order valence-electron chi connectivity index (χ3n) is 3.07. The zero-order chi connectivity index (χ0) is 9.47. The largest absolute Gasteiger partial charge is 0.443 e. The SMILES string of the molecule is C[C@H]1C[C@@H]1C(=O)OC1(C#N)CCC1. The van der Waals surface area contributed by atoms with Crippen LogP contribution in [-0.4, -0.2) is 11.6 Å². The fraction of sp³-hybridized carbons (Fsp3) is 0.800. The van der Waals surface area contributed by atoms with Crippen LogP contribution in [0.5, 0.6) is 0 Å². The fourth-order valence-electron chi connectivity index (χ4n) is 1.65. The monoisotopic (exact) mass is 179 g/mol. The molecule has 0 spiro atoms. The van der Waals surface area contributed by atoms with E-state index in [1.54, 1.807) is 0 Å². The number of carbonyl (C=O) groups excluding carboxylic acids is 1. The third-order valence-corrected chi connectivity index (χ3v) is 3.07. The smallest absolute Gasteiger partial charge is 0.310 e. The van der Waals surface area contributed by atoms with Crippen LogP contribution in [0, 0.1) is 23.2 Å². The van der Waals surface area contributed by atoms with Crippen LogP contribution in [0.4, 0.5) is 0 Å². The molecule has 0 heterocycles. The van der Waals surface area contributed by atoms with Gasteiger partial charge in [-0.3, -0.25) is 4.79 Å². The molecular formula is C10H13NO2. The number of carbonyl (C=O) groups is 1. The predicted octanol–water partition coefficient (Wildman–Crippen LogP) is 1.63. The lowest BCUT2D eigenvalue weighted by molar-refractivity contribution is -0.162. The van der Waals surface area contributed by atoms with Crippen molar-refractivity contribution in [1.82, 2.24) is 0 Å². The van der Waals surface area contributed by atoms with Gasteiger partial charge in [0.05, 0.1) is 5.92 Å². The predicted molar refractivity (Wildman–Crippen MR) is 45.6 cm³/mol. The molecular weight excluding hydrogens is 166 g/mol. The molecule has 3 nitrogen and oxygen atoms in total. The van der Waals surface area contributed by atoms with Crippen LogP contribution >= 0.6 is 0 Å². The summed E-state index contributed by atoms with van der Waals surface area (Å²) >= 11 is 0. The number of rotatable bonds is 2. The maximum Gasteiger partial charge on any atom is 0.310 e. The van der Waals surface area contributed by atoms with Crippen molar-refractivity contribution in [1.29, 1.82) is 5.26 Å². The average Bonchev–Trinajstić information content (AvgIpc) is 2.75. The number of ether oxygens (including phenoxy) is 1. The Balaban J connectivity index is 1.90. The van der Waals surface area contributed by atoms with Gasteiger partial charge >= 0.3 is 5.97 Å². The van der Waals surface area contributed by atoms with Gasteiger partial charge in [0.15, 0.2) is 5.60 Å². The molecule has 2 atom stereocenters. The van der Waals surface area contributed by atoms with Crippen molar-refractivity contribution >= 4 is 5.97 Å². The number of hydrogen-bond donors (Lipinski definition) is 0. The van der Waals surface area contributed by atoms with Gasteiger partial charge in [-0.25, -0.2) is 0 Å². The van der Waals surface area contributed by atoms with Gasteiger partial charge in [0, 0.05) is 12.8 Å². The zero-order valence-electron chi connectivity index (χ0n) is 7.75. The normalized spacial score (nSPS) is 34.2. The molecule has 70 valence electrons. The number of esters is 1. The van der Waals surface area contributed by atoms with E-state index in [0.717, 1.165) is 25.7 Å². The first-order chi connectivity index (χ1) is 6.17. The molecule has 3 heteroatoms. The summed E-state index contributed by atoms with van der Waals surface area (Å²) < 4.78 is 5.22. The summed E-state index contributed by atoms with van der Waals surface area (Å²) in [5.41, 5.74) is -0.751. The van der Waals surface area contributed by atoms with E-state index in [-0.39, 0.29) is 11.9 Å². The van der Waals surface area contributed by atoms with Gasteiger partial charge in [0.1, 0.15) is 6.07 Å². The molecule has 0 aromatic carbocycles. The molecule has 2 aliphatic carbocycles. The second-order valence-corrected chi connectivity index (χ2v) is 4.20. The lowest BCUT2D eigenvalue weighted by atomic mass is 9.81. The van der Waals surface area contributed by atoms with Crippen LogP contribution in [0.2, 0.25) is 0 Å². The Hall–Kier alpha value is -1.04. The van der Waals surface area contributed by atoms with E-state index in [1.165, 1.54) is 0 Å². The molecule has 13 heavy (non-hydrogen) atoms. The molecule has 0 aromatic heterocycles. The highest BCUT2D eigenvalue weighted by Crippen LogP contribution is 2.42. The standard InChI is InChI=1S/C10H13NO2/c1-7-5-8(7)9(12)13-10(6-11)3-2-4-10/h7-8H,2-5H2,1H3/t7-,8-/m0/s1. The van der Waals surface area contributed by atoms with Gasteiger partial charge in [-0.15, -0.1) is 0 Å². The van der Waals surface area contributed by atoms with Crippen molar-refractivity contribution < 1.29 is 9.53 Å². The number of hydrogen-bond acceptors (Lipinski definition) is 3. The van der Waals surface area contributed by atoms with Crippen LogP contribution in [0.25, 0.3) is 0 Å². The minimum atomic E-state index is -0.751. The van der Waals surface area contributed by atoms with Crippen molar-refractivity contribution in [3.63, 3.8) is 0 Å². The lowest BCUT2D eigenvalue weighted by Crippen LogP contribution is -2.40. The summed E-state index contributed by atoms with van der Waals surface area (Å²) in [5.74, 6) is 0.378. The van der Waals surface area contributed by atoms with Crippen molar-refractivity contribution in [2.75, 3.05) is 0 Å². The Morgan fingerprint density at radius 3 is 2.54 bits per heavy atom. The van der Waals surface area contributed by atoms with Crippen molar-refractivity contribution in [2.24, 2.45) is 11.8 Å². The van der Waals surface area contributed by atoms with Crippen LogP contribution in [0.15, 0.2) is 0 Å². The second-order valence-electron chi connectivity index (χ2n) is 4.20. The molecule has 0 N–H and O–H groups in total. The van der Waals surface area contributed by atoms with E-state index < -0.39 is 5.60 Å². The highest BCUT2D eigenvalue weighted by atomic mass is 16.6. The first kappa shape index (κ1) is 8.55. The van der Waals surface area contributed by atoms with Gasteiger partial charge in [0.2, 0.25) is 0 Å². The maximum absolute atomic E-state index is 11.4. The number of nitrogens with zero attached hydrogens (tertiary/aromatic N) is 1. The van der Waals surface area contributed by atoms with Gasteiger partial charge < -0.3 is 4.74 Å². The number of nitriles is 1. The first-order valence-electron chi connectivity index (χ1n) is 4.81. The summed E-state index contributed by atoms with van der Waals surface area (Å²) in [6, 6.07) is 2.10. The Labute approximate surface area is 77.7 Å². The molecule has 2 rings (SSSR count). The van der Waals surface area contributed by atoms with E-state index in [9.17, 15) is 4.79 Å². The van der Waals surface area contributed by atoms with Gasteiger partial charge in [0.25, 0.3) is 0 Å². The summed E-state index contributed by atoms with van der Waals surface area (Å²) in [5, 5.41) is 8.83. The van der Waals surface area contributed by atoms with Crippen LogP contribution in [0.3, 0.4) is 0 Å². The Bertz CT molecular complexity index is 275. The maximum atomic E-state index is 11.4. The molecule has 2 saturated carbocycles. The quantitative estimate of drug-likeness (QED) is 0.605. The molecule has 0 saturated heterocycles. The highest BCUT2D eigenvalue weighted by molar-refractivity contribution is 5.76. The minimum absolute atomic E-state index is 0.0748. The van der Waals surface area contributed by atoms with Gasteiger partial charge in [-0.1, -0.05) is 6.92 Å². The first-order valence-corrected chi connectivity index (χ1v) is 4.81. The third kappa shape index (κ3) is 1.41. The summed E-state index contributed by atoms with van der Waals surface area (Å²) in [6.07, 6.45) is 3.37. The molecule has 0 aliphatic heterocycles. The molecule has 2 aliphatic rings. The van der Waals surface area contributed by atoms with E-state index in [2.05, 4.69) is 6.07 Å². The minimum Gasteiger partial charge on any atom is -0.443 e. The highest BCUT2D eigenvalue weighted by Gasteiger charge is 2.47. The molecule has 2 fully saturated rings. The Morgan fingerprint density at radius 2 is 2.23 bits per heavy atom. The van der Waals surface area contributed by atoms with E-state index in [0.29, 0.717) is 5.92 Å². The summed E-state index contributed by atoms with van der Waals surface area (Å²) in [6.45, 7) is 2.03. The Kier molecular flexibility index (Phi) is 1.80. The Morgan fingerprint density at radius 1 is 1.62 bits per heavy atom. The van der Waals surface area contributed by atoms with Crippen molar-refractivity contribution in [2.45, 2.75) is 38.2 Å². The molecule has 0 amide bonds. The average molecular weight is 179 g/mol. The van der Waals surface area contributed by atoms with Crippen molar-refractivity contribution in [3.8, 4) is 6.07 Å². The van der Waals surface area contributed by atoms with Crippen LogP contribution < -0.4 is 0 Å². The van der Waals surface area contributed by atoms with Gasteiger partial charge in [-0.2, -0.15) is 5.26 Å². The zero-order valence-corrected chi connectivity index (χ0v) is 7.75. The van der Waals surface area contributed by atoms with E-state index in [1.807, 2.05) is 6.92 Å². The molecule has 0 bridgehead atoms. The fourth-order valence-corrected chi connectivity index (χ4v) is 1.65.